The van der Waals surface area contributed by atoms with Crippen LogP contribution in [0.15, 0.2) is 47.1 Å². The van der Waals surface area contributed by atoms with Gasteiger partial charge in [-0.3, -0.25) is 4.79 Å². The molecule has 0 atom stereocenters. The van der Waals surface area contributed by atoms with Gasteiger partial charge >= 0.3 is 0 Å². The number of aryl methyl sites for hydroxylation is 1. The van der Waals surface area contributed by atoms with Crippen LogP contribution in [0.4, 0.5) is 0 Å². The van der Waals surface area contributed by atoms with Gasteiger partial charge in [0, 0.05) is 15.5 Å². The van der Waals surface area contributed by atoms with Gasteiger partial charge in [-0.25, -0.2) is 4.68 Å². The minimum Gasteiger partial charge on any atom is -0.298 e. The van der Waals surface area contributed by atoms with E-state index in [0.717, 1.165) is 33.4 Å². The van der Waals surface area contributed by atoms with E-state index < -0.39 is 0 Å². The fourth-order valence-electron chi connectivity index (χ4n) is 2.09. The molecule has 0 bridgehead atoms. The number of aromatic nitrogens is 2. The number of hydrogen-bond acceptors (Lipinski definition) is 3. The van der Waals surface area contributed by atoms with Crippen molar-refractivity contribution in [2.24, 2.45) is 0 Å². The molecule has 0 saturated carbocycles. The Bertz CT molecular complexity index is 774. The first kappa shape index (κ1) is 14.2. The molecule has 0 aliphatic rings. The van der Waals surface area contributed by atoms with Crippen molar-refractivity contribution in [3.63, 3.8) is 0 Å². The van der Waals surface area contributed by atoms with Gasteiger partial charge in [0.2, 0.25) is 0 Å². The van der Waals surface area contributed by atoms with E-state index in [2.05, 4.69) is 34.0 Å². The number of rotatable bonds is 4. The summed E-state index contributed by atoms with van der Waals surface area (Å²) in [7, 11) is 0. The Hall–Kier alpha value is -1.72. The Morgan fingerprint density at radius 2 is 2.00 bits per heavy atom. The molecule has 5 heteroatoms. The molecular weight excluding hydrogens is 348 g/mol. The van der Waals surface area contributed by atoms with Crippen molar-refractivity contribution in [1.82, 2.24) is 9.78 Å². The predicted molar refractivity (Wildman–Crippen MR) is 89.3 cm³/mol. The maximum absolute atomic E-state index is 11.3. The van der Waals surface area contributed by atoms with Crippen LogP contribution >= 0.6 is 27.3 Å². The standard InChI is InChI=1S/C16H13BrN2OS/c1-2-14-7-8-15(21-14)16-11(10-20)9-19(18-16)13-5-3-12(17)4-6-13/h3-10H,2H2,1H3. The first-order valence-electron chi connectivity index (χ1n) is 6.61. The molecule has 0 N–H and O–H groups in total. The summed E-state index contributed by atoms with van der Waals surface area (Å²) in [6.07, 6.45) is 3.63. The monoisotopic (exact) mass is 360 g/mol. The number of aldehydes is 1. The fraction of sp³-hybridized carbons (Fsp3) is 0.125. The molecule has 2 aromatic heterocycles. The third-order valence-corrected chi connectivity index (χ3v) is 4.97. The highest BCUT2D eigenvalue weighted by atomic mass is 79.9. The van der Waals surface area contributed by atoms with E-state index in [1.54, 1.807) is 22.2 Å². The Morgan fingerprint density at radius 3 is 2.62 bits per heavy atom. The number of thiophene rings is 1. The second-order valence-electron chi connectivity index (χ2n) is 4.59. The molecule has 1 aromatic carbocycles. The zero-order valence-electron chi connectivity index (χ0n) is 11.4. The molecule has 0 aliphatic carbocycles. The highest BCUT2D eigenvalue weighted by Gasteiger charge is 2.13. The largest absolute Gasteiger partial charge is 0.298 e. The lowest BCUT2D eigenvalue weighted by Crippen LogP contribution is -1.93. The third-order valence-electron chi connectivity index (χ3n) is 3.20. The van der Waals surface area contributed by atoms with Gasteiger partial charge in [0.15, 0.2) is 6.29 Å². The lowest BCUT2D eigenvalue weighted by molar-refractivity contribution is 0.112. The average molecular weight is 361 g/mol. The summed E-state index contributed by atoms with van der Waals surface area (Å²) in [5.41, 5.74) is 2.29. The summed E-state index contributed by atoms with van der Waals surface area (Å²) in [5.74, 6) is 0. The summed E-state index contributed by atoms with van der Waals surface area (Å²) in [6.45, 7) is 2.12. The van der Waals surface area contributed by atoms with Crippen molar-refractivity contribution < 1.29 is 4.79 Å². The van der Waals surface area contributed by atoms with Gasteiger partial charge in [-0.2, -0.15) is 5.10 Å². The lowest BCUT2D eigenvalue weighted by atomic mass is 10.2. The molecular formula is C16H13BrN2OS. The van der Waals surface area contributed by atoms with Crippen LogP contribution in [-0.2, 0) is 6.42 Å². The van der Waals surface area contributed by atoms with Gasteiger partial charge in [-0.15, -0.1) is 11.3 Å². The molecule has 3 aromatic rings. The summed E-state index contributed by atoms with van der Waals surface area (Å²) in [6, 6.07) is 12.0. The van der Waals surface area contributed by atoms with Crippen molar-refractivity contribution in [1.29, 1.82) is 0 Å². The lowest BCUT2D eigenvalue weighted by Gasteiger charge is -2.00. The van der Waals surface area contributed by atoms with E-state index in [1.165, 1.54) is 4.88 Å². The Morgan fingerprint density at radius 1 is 1.24 bits per heavy atom. The van der Waals surface area contributed by atoms with Gasteiger partial charge < -0.3 is 0 Å². The van der Waals surface area contributed by atoms with E-state index in [4.69, 9.17) is 0 Å². The molecule has 0 fully saturated rings. The zero-order chi connectivity index (χ0) is 14.8. The van der Waals surface area contributed by atoms with Crippen molar-refractivity contribution in [3.8, 4) is 16.3 Å². The predicted octanol–water partition coefficient (Wildman–Crippen LogP) is 4.74. The first-order chi connectivity index (χ1) is 10.2. The van der Waals surface area contributed by atoms with Crippen molar-refractivity contribution in [2.75, 3.05) is 0 Å². The van der Waals surface area contributed by atoms with Crippen LogP contribution in [0.2, 0.25) is 0 Å². The second-order valence-corrected chi connectivity index (χ2v) is 6.68. The minimum absolute atomic E-state index is 0.613. The van der Waals surface area contributed by atoms with Crippen LogP contribution in [0.3, 0.4) is 0 Å². The molecule has 2 heterocycles. The highest BCUT2D eigenvalue weighted by Crippen LogP contribution is 2.30. The Kier molecular flexibility index (Phi) is 4.03. The van der Waals surface area contributed by atoms with E-state index in [9.17, 15) is 4.79 Å². The zero-order valence-corrected chi connectivity index (χ0v) is 13.8. The number of hydrogen-bond donors (Lipinski definition) is 0. The summed E-state index contributed by atoms with van der Waals surface area (Å²) in [4.78, 5) is 13.6. The van der Waals surface area contributed by atoms with Crippen LogP contribution in [0.25, 0.3) is 16.3 Å². The Balaban J connectivity index is 2.05. The third kappa shape index (κ3) is 2.84. The number of benzene rings is 1. The van der Waals surface area contributed by atoms with Crippen LogP contribution < -0.4 is 0 Å². The van der Waals surface area contributed by atoms with Gasteiger partial charge in [0.05, 0.1) is 16.1 Å². The van der Waals surface area contributed by atoms with Crippen molar-refractivity contribution in [2.45, 2.75) is 13.3 Å². The maximum Gasteiger partial charge on any atom is 0.153 e. The van der Waals surface area contributed by atoms with Crippen LogP contribution in [0.1, 0.15) is 22.2 Å². The molecule has 0 spiro atoms. The first-order valence-corrected chi connectivity index (χ1v) is 8.22. The molecule has 106 valence electrons. The van der Waals surface area contributed by atoms with Crippen LogP contribution in [0, 0.1) is 0 Å². The second kappa shape index (κ2) is 5.95. The topological polar surface area (TPSA) is 34.9 Å². The molecule has 0 aliphatic heterocycles. The van der Waals surface area contributed by atoms with Crippen molar-refractivity contribution >= 4 is 33.6 Å². The Labute approximate surface area is 135 Å². The van der Waals surface area contributed by atoms with E-state index >= 15 is 0 Å². The normalized spacial score (nSPS) is 10.8. The number of carbonyl (C=O) groups excluding carboxylic acids is 1. The molecule has 0 radical (unpaired) electrons. The van der Waals surface area contributed by atoms with Gasteiger partial charge in [0.1, 0.15) is 5.69 Å². The molecule has 21 heavy (non-hydrogen) atoms. The van der Waals surface area contributed by atoms with E-state index in [0.29, 0.717) is 5.56 Å². The smallest absolute Gasteiger partial charge is 0.153 e. The number of nitrogens with zero attached hydrogens (tertiary/aromatic N) is 2. The molecule has 3 rings (SSSR count). The summed E-state index contributed by atoms with van der Waals surface area (Å²) in [5, 5.41) is 4.58. The molecule has 0 unspecified atom stereocenters. The average Bonchev–Trinajstić information content (AvgIpc) is 3.14. The van der Waals surface area contributed by atoms with E-state index in [-0.39, 0.29) is 0 Å². The van der Waals surface area contributed by atoms with Gasteiger partial charge in [-0.05, 0) is 42.8 Å². The number of halogens is 1. The van der Waals surface area contributed by atoms with E-state index in [1.807, 2.05) is 30.3 Å². The quantitative estimate of drug-likeness (QED) is 0.629. The minimum atomic E-state index is 0.613. The van der Waals surface area contributed by atoms with Crippen LogP contribution in [-0.4, -0.2) is 16.1 Å². The highest BCUT2D eigenvalue weighted by molar-refractivity contribution is 9.10. The van der Waals surface area contributed by atoms with Gasteiger partial charge in [-0.1, -0.05) is 22.9 Å². The molecule has 3 nitrogen and oxygen atoms in total. The molecule has 0 amide bonds. The summed E-state index contributed by atoms with van der Waals surface area (Å²) < 4.78 is 2.76. The number of carbonyl (C=O) groups is 1. The SMILES string of the molecule is CCc1ccc(-c2nn(-c3ccc(Br)cc3)cc2C=O)s1. The molecule has 0 saturated heterocycles. The maximum atomic E-state index is 11.3. The summed E-state index contributed by atoms with van der Waals surface area (Å²) >= 11 is 5.10. The fourth-order valence-corrected chi connectivity index (χ4v) is 3.30. The van der Waals surface area contributed by atoms with Gasteiger partial charge in [0.25, 0.3) is 0 Å². The van der Waals surface area contributed by atoms with Crippen LogP contribution in [0.5, 0.6) is 0 Å². The van der Waals surface area contributed by atoms with Crippen molar-refractivity contribution in [3.05, 3.63) is 57.5 Å².